The molecule has 4 rings (SSSR count). The van der Waals surface area contributed by atoms with Gasteiger partial charge in [-0.05, 0) is 61.3 Å². The molecule has 0 aliphatic rings. The third-order valence-electron chi connectivity index (χ3n) is 6.07. The highest BCUT2D eigenvalue weighted by atomic mass is 35.5. The Kier molecular flexibility index (Phi) is 11.5. The van der Waals surface area contributed by atoms with Gasteiger partial charge in [0.15, 0.2) is 0 Å². The van der Waals surface area contributed by atoms with E-state index in [1.807, 2.05) is 30.3 Å². The molecule has 3 N–H and O–H groups in total. The zero-order chi connectivity index (χ0) is 30.9. The molecule has 0 atom stereocenters. The molecule has 224 valence electrons. The molecule has 0 saturated carbocycles. The molecule has 0 spiro atoms. The van der Waals surface area contributed by atoms with Crippen LogP contribution in [0, 0.1) is 0 Å². The van der Waals surface area contributed by atoms with E-state index in [4.69, 9.17) is 38.8 Å². The second-order valence-corrected chi connectivity index (χ2v) is 9.92. The van der Waals surface area contributed by atoms with Gasteiger partial charge in [-0.3, -0.25) is 14.2 Å². The summed E-state index contributed by atoms with van der Waals surface area (Å²) in [7, 11) is 0. The van der Waals surface area contributed by atoms with Gasteiger partial charge in [0.2, 0.25) is 0 Å². The summed E-state index contributed by atoms with van der Waals surface area (Å²) in [4.78, 5) is 37.1. The maximum atomic E-state index is 13.3. The van der Waals surface area contributed by atoms with E-state index >= 15 is 0 Å². The van der Waals surface area contributed by atoms with Crippen molar-refractivity contribution in [3.8, 4) is 0 Å². The number of aliphatic carboxylic acids is 1. The van der Waals surface area contributed by atoms with Crippen molar-refractivity contribution >= 4 is 40.6 Å². The number of carboxylic acid groups (broad SMARTS) is 1. The van der Waals surface area contributed by atoms with Gasteiger partial charge in [-0.2, -0.15) is 18.3 Å². The molecule has 2 aromatic heterocycles. The molecule has 0 radical (unpaired) electrons. The van der Waals surface area contributed by atoms with Gasteiger partial charge in [-0.25, -0.2) is 9.31 Å². The smallest absolute Gasteiger partial charge is 0.475 e. The lowest BCUT2D eigenvalue weighted by Crippen LogP contribution is -2.34. The summed E-state index contributed by atoms with van der Waals surface area (Å²) in [5.41, 5.74) is 7.56. The number of carbonyl (C=O) groups is 2. The molecule has 0 unspecified atom stereocenters. The lowest BCUT2D eigenvalue weighted by atomic mass is 10.1. The van der Waals surface area contributed by atoms with Crippen molar-refractivity contribution in [2.75, 3.05) is 19.6 Å². The second kappa shape index (κ2) is 14.9. The average molecular weight is 626 g/mol. The number of rotatable bonds is 10. The first-order valence-electron chi connectivity index (χ1n) is 12.8. The van der Waals surface area contributed by atoms with Crippen LogP contribution in [0.1, 0.15) is 34.6 Å². The first-order valence-corrected chi connectivity index (χ1v) is 13.5. The summed E-state index contributed by atoms with van der Waals surface area (Å²) in [6, 6.07) is 20.0. The van der Waals surface area contributed by atoms with Gasteiger partial charge >= 0.3 is 12.1 Å². The van der Waals surface area contributed by atoms with E-state index in [2.05, 4.69) is 5.10 Å². The number of aryl methyl sites for hydroxylation is 1. The Morgan fingerprint density at radius 1 is 0.952 bits per heavy atom. The highest BCUT2D eigenvalue weighted by Crippen LogP contribution is 2.16. The fourth-order valence-corrected chi connectivity index (χ4v) is 4.32. The first-order chi connectivity index (χ1) is 19.9. The van der Waals surface area contributed by atoms with Gasteiger partial charge in [0.25, 0.3) is 11.5 Å². The Balaban J connectivity index is 0.000000616. The Hall–Kier alpha value is -3.87. The first kappa shape index (κ1) is 32.6. The van der Waals surface area contributed by atoms with Gasteiger partial charge in [0.1, 0.15) is 16.5 Å². The number of hydrogen-bond acceptors (Lipinski definition) is 5. The van der Waals surface area contributed by atoms with Crippen molar-refractivity contribution in [2.24, 2.45) is 5.73 Å². The molecule has 2 heterocycles. The van der Waals surface area contributed by atoms with Crippen molar-refractivity contribution in [3.05, 3.63) is 104 Å². The van der Waals surface area contributed by atoms with Crippen LogP contribution < -0.4 is 11.3 Å². The predicted octanol–water partition coefficient (Wildman–Crippen LogP) is 4.91. The van der Waals surface area contributed by atoms with E-state index in [0.29, 0.717) is 72.5 Å². The summed E-state index contributed by atoms with van der Waals surface area (Å²) < 4.78 is 34.9. The third kappa shape index (κ3) is 8.81. The quantitative estimate of drug-likeness (QED) is 0.258. The van der Waals surface area contributed by atoms with Crippen molar-refractivity contribution in [1.29, 1.82) is 0 Å². The van der Waals surface area contributed by atoms with Crippen molar-refractivity contribution in [2.45, 2.75) is 32.0 Å². The van der Waals surface area contributed by atoms with Gasteiger partial charge < -0.3 is 15.7 Å². The topological polar surface area (TPSA) is 123 Å². The van der Waals surface area contributed by atoms with Gasteiger partial charge in [0.05, 0.1) is 6.54 Å². The maximum absolute atomic E-state index is 13.3. The van der Waals surface area contributed by atoms with Crippen LogP contribution in [0.15, 0.2) is 71.5 Å². The molecular weight excluding hydrogens is 598 g/mol. The number of nitrogens with two attached hydrogens (primary N) is 1. The molecule has 2 aromatic carbocycles. The van der Waals surface area contributed by atoms with Gasteiger partial charge in [-0.15, -0.1) is 0 Å². The summed E-state index contributed by atoms with van der Waals surface area (Å²) in [6.07, 6.45) is -3.27. The molecule has 0 aliphatic heterocycles. The minimum atomic E-state index is -5.08. The van der Waals surface area contributed by atoms with Crippen molar-refractivity contribution in [3.63, 3.8) is 0 Å². The number of nitrogens with zero attached hydrogens (tertiary/aromatic N) is 4. The van der Waals surface area contributed by atoms with Crippen LogP contribution in [0.2, 0.25) is 10.2 Å². The summed E-state index contributed by atoms with van der Waals surface area (Å²) >= 11 is 12.2. The Labute approximate surface area is 248 Å². The van der Waals surface area contributed by atoms with E-state index in [1.54, 1.807) is 45.9 Å². The van der Waals surface area contributed by atoms with E-state index in [-0.39, 0.29) is 11.5 Å². The Bertz CT molecular complexity index is 1560. The molecular formula is C28H28Cl2F3N5O4. The SMILES string of the molecule is NCCCN(CCCc1nn2c(Cl)ccc2c(=O)n1Cc1ccccc1)C(=O)c1ccc(Cl)cc1.O=C(O)C(F)(F)F. The molecule has 0 fully saturated rings. The standard InChI is InChI=1S/C26H27Cl2N5O2.C2HF3O2/c27-21-11-9-20(10-12-21)25(34)31(17-5-15-29)16-4-8-24-30-33-22(13-14-23(33)28)26(35)32(24)18-19-6-2-1-3-7-19;3-2(4,5)1(6)7/h1-3,6-7,9-14H,4-5,8,15-18,29H2;(H,6,7). The van der Waals surface area contributed by atoms with Gasteiger partial charge in [-0.1, -0.05) is 53.5 Å². The zero-order valence-electron chi connectivity index (χ0n) is 22.2. The van der Waals surface area contributed by atoms with Crippen LogP contribution in [0.5, 0.6) is 0 Å². The van der Waals surface area contributed by atoms with Crippen LogP contribution in [0.4, 0.5) is 13.2 Å². The van der Waals surface area contributed by atoms with E-state index in [0.717, 1.165) is 5.56 Å². The number of alkyl halides is 3. The van der Waals surface area contributed by atoms with Crippen LogP contribution in [0.3, 0.4) is 0 Å². The number of benzene rings is 2. The average Bonchev–Trinajstić information content (AvgIpc) is 3.33. The summed E-state index contributed by atoms with van der Waals surface area (Å²) in [6.45, 7) is 1.94. The fourth-order valence-electron chi connectivity index (χ4n) is 4.01. The monoisotopic (exact) mass is 625 g/mol. The molecule has 9 nitrogen and oxygen atoms in total. The van der Waals surface area contributed by atoms with Crippen LogP contribution in [-0.2, 0) is 17.8 Å². The number of aromatic nitrogens is 3. The normalized spacial score (nSPS) is 11.2. The molecule has 42 heavy (non-hydrogen) atoms. The summed E-state index contributed by atoms with van der Waals surface area (Å²) in [5.74, 6) is -2.22. The number of halogens is 5. The minimum Gasteiger partial charge on any atom is -0.475 e. The van der Waals surface area contributed by atoms with Crippen LogP contribution >= 0.6 is 23.2 Å². The highest BCUT2D eigenvalue weighted by molar-refractivity contribution is 6.30. The number of carboxylic acids is 1. The molecule has 0 bridgehead atoms. The molecule has 1 amide bonds. The zero-order valence-corrected chi connectivity index (χ0v) is 23.7. The maximum Gasteiger partial charge on any atom is 0.490 e. The van der Waals surface area contributed by atoms with E-state index in [1.165, 1.54) is 4.52 Å². The lowest BCUT2D eigenvalue weighted by molar-refractivity contribution is -0.192. The third-order valence-corrected chi connectivity index (χ3v) is 6.60. The molecule has 14 heteroatoms. The van der Waals surface area contributed by atoms with Crippen molar-refractivity contribution < 1.29 is 27.9 Å². The number of carbonyl (C=O) groups excluding carboxylic acids is 1. The Morgan fingerprint density at radius 3 is 2.17 bits per heavy atom. The van der Waals surface area contributed by atoms with Gasteiger partial charge in [0, 0.05) is 30.1 Å². The van der Waals surface area contributed by atoms with Crippen LogP contribution in [-0.4, -0.2) is 61.9 Å². The van der Waals surface area contributed by atoms with Crippen molar-refractivity contribution in [1.82, 2.24) is 19.1 Å². The minimum absolute atomic E-state index is 0.0753. The van der Waals surface area contributed by atoms with E-state index in [9.17, 15) is 22.8 Å². The predicted molar refractivity (Wildman–Crippen MR) is 153 cm³/mol. The Morgan fingerprint density at radius 2 is 1.57 bits per heavy atom. The summed E-state index contributed by atoms with van der Waals surface area (Å²) in [5, 5.41) is 12.8. The number of amides is 1. The second-order valence-electron chi connectivity index (χ2n) is 9.09. The fraction of sp³-hybridized carbons (Fsp3) is 0.286. The largest absolute Gasteiger partial charge is 0.490 e. The highest BCUT2D eigenvalue weighted by Gasteiger charge is 2.38. The molecule has 0 saturated heterocycles. The molecule has 0 aliphatic carbocycles. The number of fused-ring (bicyclic) bond motifs is 1. The van der Waals surface area contributed by atoms with E-state index < -0.39 is 12.1 Å². The van der Waals surface area contributed by atoms with Crippen LogP contribution in [0.25, 0.3) is 5.52 Å². The lowest BCUT2D eigenvalue weighted by Gasteiger charge is -2.23. The molecule has 4 aromatic rings. The number of hydrogen-bond donors (Lipinski definition) is 2.